The minimum Gasteiger partial charge on any atom is -0.494 e. The summed E-state index contributed by atoms with van der Waals surface area (Å²) in [6, 6.07) is 21.4. The Labute approximate surface area is 187 Å². The third-order valence-corrected chi connectivity index (χ3v) is 5.69. The largest absolute Gasteiger partial charge is 0.494 e. The van der Waals surface area contributed by atoms with Crippen molar-refractivity contribution in [3.05, 3.63) is 105 Å². The maximum absolute atomic E-state index is 13.7. The lowest BCUT2D eigenvalue weighted by molar-refractivity contribution is 0.334. The number of nitrogens with two attached hydrogens (primary N) is 1. The van der Waals surface area contributed by atoms with Gasteiger partial charge in [-0.1, -0.05) is 48.5 Å². The number of nitrogens with zero attached hydrogens (tertiary/aromatic N) is 2. The molecule has 0 bridgehead atoms. The number of fused-ring (bicyclic) bond motifs is 1. The third-order valence-electron chi connectivity index (χ3n) is 5.69. The van der Waals surface area contributed by atoms with E-state index in [2.05, 4.69) is 6.07 Å². The van der Waals surface area contributed by atoms with Crippen LogP contribution in [-0.4, -0.2) is 11.2 Å². The van der Waals surface area contributed by atoms with Crippen molar-refractivity contribution in [1.29, 1.82) is 5.26 Å². The Hall–Kier alpha value is -3.98. The lowest BCUT2D eigenvalue weighted by Crippen LogP contribution is -2.33. The molecule has 1 aliphatic rings. The Morgan fingerprint density at radius 2 is 1.88 bits per heavy atom. The second-order valence-corrected chi connectivity index (χ2v) is 7.65. The van der Waals surface area contributed by atoms with Crippen LogP contribution in [-0.2, 0) is 13.0 Å². The van der Waals surface area contributed by atoms with Crippen LogP contribution in [0.25, 0.3) is 0 Å². The number of rotatable bonds is 6. The van der Waals surface area contributed by atoms with Crippen molar-refractivity contribution in [2.45, 2.75) is 32.7 Å². The standard InChI is InChI=1S/C26H25N3O3/c1-3-31-21-12-8-7-11-19(21)23-20(16-27)25(28)32-22-15-17(2)29(26(30)24(22)23)14-13-18-9-5-4-6-10-18/h4-12,15,23H,3,13-14,28H2,1-2H3/t23-/m1/s1. The van der Waals surface area contributed by atoms with E-state index < -0.39 is 5.92 Å². The van der Waals surface area contributed by atoms with E-state index in [1.165, 1.54) is 0 Å². The lowest BCUT2D eigenvalue weighted by atomic mass is 9.83. The highest BCUT2D eigenvalue weighted by Crippen LogP contribution is 2.43. The van der Waals surface area contributed by atoms with E-state index in [1.54, 1.807) is 4.57 Å². The van der Waals surface area contributed by atoms with Gasteiger partial charge in [-0.3, -0.25) is 4.79 Å². The van der Waals surface area contributed by atoms with Crippen LogP contribution in [0, 0.1) is 18.3 Å². The summed E-state index contributed by atoms with van der Waals surface area (Å²) < 4.78 is 13.3. The van der Waals surface area contributed by atoms with Crippen molar-refractivity contribution in [3.8, 4) is 17.6 Å². The van der Waals surface area contributed by atoms with Crippen LogP contribution in [0.1, 0.15) is 35.2 Å². The first-order chi connectivity index (χ1) is 15.5. The molecule has 0 fully saturated rings. The second-order valence-electron chi connectivity index (χ2n) is 7.65. The lowest BCUT2D eigenvalue weighted by Gasteiger charge is -2.28. The van der Waals surface area contributed by atoms with Gasteiger partial charge < -0.3 is 19.8 Å². The average Bonchev–Trinajstić information content (AvgIpc) is 2.79. The molecule has 32 heavy (non-hydrogen) atoms. The monoisotopic (exact) mass is 427 g/mol. The molecule has 3 aromatic rings. The minimum absolute atomic E-state index is 0.0112. The molecule has 6 heteroatoms. The Morgan fingerprint density at radius 1 is 1.16 bits per heavy atom. The van der Waals surface area contributed by atoms with Gasteiger partial charge in [-0.25, -0.2) is 0 Å². The van der Waals surface area contributed by atoms with E-state index in [0.717, 1.165) is 11.3 Å². The minimum atomic E-state index is -0.664. The molecule has 6 nitrogen and oxygen atoms in total. The molecule has 2 heterocycles. The summed E-state index contributed by atoms with van der Waals surface area (Å²) >= 11 is 0. The summed E-state index contributed by atoms with van der Waals surface area (Å²) in [5.74, 6) is 0.347. The number of aromatic nitrogens is 1. The molecule has 2 aromatic carbocycles. The maximum Gasteiger partial charge on any atom is 0.258 e. The van der Waals surface area contributed by atoms with Crippen LogP contribution in [0.4, 0.5) is 0 Å². The summed E-state index contributed by atoms with van der Waals surface area (Å²) in [6.45, 7) is 4.75. The Kier molecular flexibility index (Phi) is 6.00. The average molecular weight is 428 g/mol. The molecule has 0 saturated heterocycles. The highest BCUT2D eigenvalue weighted by atomic mass is 16.5. The molecule has 0 spiro atoms. The zero-order valence-corrected chi connectivity index (χ0v) is 18.2. The fraction of sp³-hybridized carbons (Fsp3) is 0.231. The number of allylic oxidation sites excluding steroid dienone is 1. The molecule has 1 atom stereocenters. The first-order valence-electron chi connectivity index (χ1n) is 10.6. The van der Waals surface area contributed by atoms with Gasteiger partial charge in [0.25, 0.3) is 5.56 Å². The summed E-state index contributed by atoms with van der Waals surface area (Å²) in [6.07, 6.45) is 0.713. The van der Waals surface area contributed by atoms with Crippen LogP contribution >= 0.6 is 0 Å². The number of nitriles is 1. The van der Waals surface area contributed by atoms with Crippen molar-refractivity contribution in [2.75, 3.05) is 6.61 Å². The molecule has 0 saturated carbocycles. The molecular weight excluding hydrogens is 402 g/mol. The third kappa shape index (κ3) is 3.85. The van der Waals surface area contributed by atoms with E-state index >= 15 is 0 Å². The number of benzene rings is 2. The van der Waals surface area contributed by atoms with Gasteiger partial charge in [0.1, 0.15) is 23.1 Å². The highest BCUT2D eigenvalue weighted by Gasteiger charge is 2.35. The summed E-state index contributed by atoms with van der Waals surface area (Å²) in [5, 5.41) is 9.89. The summed E-state index contributed by atoms with van der Waals surface area (Å²) in [5.41, 5.74) is 9.18. The zero-order valence-electron chi connectivity index (χ0n) is 18.2. The second kappa shape index (κ2) is 9.03. The number of hydrogen-bond acceptors (Lipinski definition) is 5. The van der Waals surface area contributed by atoms with Crippen molar-refractivity contribution in [3.63, 3.8) is 0 Å². The molecule has 0 amide bonds. The number of hydrogen-bond donors (Lipinski definition) is 1. The molecule has 1 aliphatic heterocycles. The van der Waals surface area contributed by atoms with E-state index in [0.29, 0.717) is 42.2 Å². The van der Waals surface area contributed by atoms with Gasteiger partial charge in [0.15, 0.2) is 0 Å². The SMILES string of the molecule is CCOc1ccccc1[C@@H]1C(C#N)=C(N)Oc2cc(C)n(CCc3ccccc3)c(=O)c21. The fourth-order valence-electron chi connectivity index (χ4n) is 4.17. The highest BCUT2D eigenvalue weighted by molar-refractivity contribution is 5.58. The quantitative estimate of drug-likeness (QED) is 0.642. The van der Waals surface area contributed by atoms with E-state index in [4.69, 9.17) is 15.2 Å². The van der Waals surface area contributed by atoms with Crippen molar-refractivity contribution >= 4 is 0 Å². The predicted octanol–water partition coefficient (Wildman–Crippen LogP) is 4.02. The predicted molar refractivity (Wildman–Crippen MR) is 122 cm³/mol. The summed E-state index contributed by atoms with van der Waals surface area (Å²) in [7, 11) is 0. The van der Waals surface area contributed by atoms with Crippen LogP contribution in [0.3, 0.4) is 0 Å². The number of aryl methyl sites for hydroxylation is 2. The van der Waals surface area contributed by atoms with Gasteiger partial charge in [0, 0.05) is 23.9 Å². The number of pyridine rings is 1. The molecule has 0 radical (unpaired) electrons. The van der Waals surface area contributed by atoms with Gasteiger partial charge in [0.05, 0.1) is 18.1 Å². The van der Waals surface area contributed by atoms with Crippen molar-refractivity contribution in [1.82, 2.24) is 4.57 Å². The van der Waals surface area contributed by atoms with Crippen LogP contribution < -0.4 is 20.8 Å². The van der Waals surface area contributed by atoms with Gasteiger partial charge in [-0.2, -0.15) is 5.26 Å². The molecule has 0 aliphatic carbocycles. The summed E-state index contributed by atoms with van der Waals surface area (Å²) in [4.78, 5) is 13.7. The zero-order chi connectivity index (χ0) is 22.7. The Bertz CT molecular complexity index is 1270. The Balaban J connectivity index is 1.86. The molecule has 0 unspecified atom stereocenters. The van der Waals surface area contributed by atoms with Gasteiger partial charge in [-0.05, 0) is 31.9 Å². The van der Waals surface area contributed by atoms with Gasteiger partial charge >= 0.3 is 0 Å². The maximum atomic E-state index is 13.7. The molecule has 2 N–H and O–H groups in total. The number of para-hydroxylation sites is 1. The van der Waals surface area contributed by atoms with E-state index in [1.807, 2.05) is 74.5 Å². The normalized spacial score (nSPS) is 15.0. The topological polar surface area (TPSA) is 90.3 Å². The first kappa shape index (κ1) is 21.3. The molecule has 1 aromatic heterocycles. The molecular formula is C26H25N3O3. The molecule has 4 rings (SSSR count). The van der Waals surface area contributed by atoms with Crippen LogP contribution in [0.5, 0.6) is 11.5 Å². The Morgan fingerprint density at radius 3 is 2.59 bits per heavy atom. The van der Waals surface area contributed by atoms with Gasteiger partial charge in [-0.15, -0.1) is 0 Å². The van der Waals surface area contributed by atoms with E-state index in [-0.39, 0.29) is 17.0 Å². The molecule has 162 valence electrons. The number of ether oxygens (including phenoxy) is 2. The fourth-order valence-corrected chi connectivity index (χ4v) is 4.17. The van der Waals surface area contributed by atoms with Crippen LogP contribution in [0.15, 0.2) is 76.9 Å². The van der Waals surface area contributed by atoms with Gasteiger partial charge in [0.2, 0.25) is 5.88 Å². The van der Waals surface area contributed by atoms with E-state index in [9.17, 15) is 10.1 Å². The smallest absolute Gasteiger partial charge is 0.258 e. The van der Waals surface area contributed by atoms with Crippen molar-refractivity contribution < 1.29 is 9.47 Å². The first-order valence-corrected chi connectivity index (χ1v) is 10.6. The van der Waals surface area contributed by atoms with Crippen molar-refractivity contribution in [2.24, 2.45) is 5.73 Å². The van der Waals surface area contributed by atoms with Crippen LogP contribution in [0.2, 0.25) is 0 Å².